The Labute approximate surface area is 116 Å². The Balaban J connectivity index is 2.16. The summed E-state index contributed by atoms with van der Waals surface area (Å²) in [5.74, 6) is 0. The minimum atomic E-state index is 0.122. The molecule has 1 aliphatic heterocycles. The van der Waals surface area contributed by atoms with E-state index in [1.54, 1.807) is 0 Å². The highest BCUT2D eigenvalue weighted by atomic mass is 15.0. The lowest BCUT2D eigenvalue weighted by Crippen LogP contribution is -2.47. The maximum Gasteiger partial charge on any atom is 0.0484 e. The Morgan fingerprint density at radius 3 is 2.37 bits per heavy atom. The Kier molecular flexibility index (Phi) is 2.90. The van der Waals surface area contributed by atoms with Crippen molar-refractivity contribution in [3.63, 3.8) is 0 Å². The van der Waals surface area contributed by atoms with Gasteiger partial charge in [-0.05, 0) is 47.2 Å². The molecule has 0 bridgehead atoms. The van der Waals surface area contributed by atoms with Crippen molar-refractivity contribution in [3.8, 4) is 0 Å². The zero-order chi connectivity index (χ0) is 13.5. The van der Waals surface area contributed by atoms with Crippen LogP contribution in [0.5, 0.6) is 0 Å². The highest BCUT2D eigenvalue weighted by Crippen LogP contribution is 2.45. The third-order valence-electron chi connectivity index (χ3n) is 4.68. The molecule has 1 fully saturated rings. The van der Waals surface area contributed by atoms with Crippen LogP contribution in [-0.2, 0) is 5.54 Å². The van der Waals surface area contributed by atoms with Crippen molar-refractivity contribution in [3.05, 3.63) is 48.0 Å². The maximum atomic E-state index is 3.79. The van der Waals surface area contributed by atoms with Crippen molar-refractivity contribution in [2.45, 2.75) is 39.2 Å². The first-order chi connectivity index (χ1) is 9.03. The van der Waals surface area contributed by atoms with E-state index >= 15 is 0 Å². The van der Waals surface area contributed by atoms with Crippen LogP contribution < -0.4 is 5.32 Å². The largest absolute Gasteiger partial charge is 0.307 e. The summed E-state index contributed by atoms with van der Waals surface area (Å²) < 4.78 is 0. The summed E-state index contributed by atoms with van der Waals surface area (Å²) in [6.07, 6.45) is 2.50. The molecule has 1 heteroatoms. The van der Waals surface area contributed by atoms with Crippen LogP contribution in [0.25, 0.3) is 10.8 Å². The molecule has 1 aliphatic rings. The molecule has 2 aromatic rings. The number of benzene rings is 2. The molecule has 0 saturated carbocycles. The first kappa shape index (κ1) is 12.7. The third kappa shape index (κ3) is 1.97. The van der Waals surface area contributed by atoms with Gasteiger partial charge in [0, 0.05) is 5.54 Å². The van der Waals surface area contributed by atoms with Gasteiger partial charge >= 0.3 is 0 Å². The fraction of sp³-hybridized carbons (Fsp3) is 0.444. The molecule has 1 unspecified atom stereocenters. The van der Waals surface area contributed by atoms with Crippen LogP contribution in [0.3, 0.4) is 0 Å². The van der Waals surface area contributed by atoms with Gasteiger partial charge in [0.1, 0.15) is 0 Å². The molecule has 1 nitrogen and oxygen atoms in total. The van der Waals surface area contributed by atoms with Crippen LogP contribution in [0.15, 0.2) is 42.5 Å². The molecule has 19 heavy (non-hydrogen) atoms. The number of rotatable bonds is 1. The zero-order valence-electron chi connectivity index (χ0n) is 12.2. The molecule has 1 heterocycles. The van der Waals surface area contributed by atoms with Crippen LogP contribution in [0.1, 0.15) is 39.2 Å². The van der Waals surface area contributed by atoms with E-state index in [4.69, 9.17) is 0 Å². The number of nitrogens with one attached hydrogen (secondary N) is 1. The second kappa shape index (κ2) is 4.35. The summed E-state index contributed by atoms with van der Waals surface area (Å²) in [5.41, 5.74) is 1.79. The molecule has 0 aliphatic carbocycles. The van der Waals surface area contributed by atoms with E-state index in [1.165, 1.54) is 29.2 Å². The average molecular weight is 253 g/mol. The Bertz CT molecular complexity index is 586. The first-order valence-corrected chi connectivity index (χ1v) is 7.27. The summed E-state index contributed by atoms with van der Waals surface area (Å²) in [5, 5.41) is 6.46. The summed E-state index contributed by atoms with van der Waals surface area (Å²) >= 11 is 0. The number of fused-ring (bicyclic) bond motifs is 1. The van der Waals surface area contributed by atoms with Gasteiger partial charge in [-0.25, -0.2) is 0 Å². The topological polar surface area (TPSA) is 12.0 Å². The molecule has 0 amide bonds. The van der Waals surface area contributed by atoms with Crippen molar-refractivity contribution in [1.29, 1.82) is 0 Å². The predicted octanol–water partition coefficient (Wildman–Crippen LogP) is 4.46. The molecule has 1 saturated heterocycles. The Hall–Kier alpha value is -1.34. The summed E-state index contributed by atoms with van der Waals surface area (Å²) in [7, 11) is 0. The van der Waals surface area contributed by atoms with E-state index in [9.17, 15) is 0 Å². The predicted molar refractivity (Wildman–Crippen MR) is 82.3 cm³/mol. The molecule has 1 atom stereocenters. The van der Waals surface area contributed by atoms with Gasteiger partial charge in [0.25, 0.3) is 0 Å². The quantitative estimate of drug-likeness (QED) is 0.791. The lowest BCUT2D eigenvalue weighted by atomic mass is 9.68. The number of hydrogen-bond donors (Lipinski definition) is 1. The van der Waals surface area contributed by atoms with Crippen LogP contribution >= 0.6 is 0 Å². The van der Waals surface area contributed by atoms with Crippen molar-refractivity contribution < 1.29 is 0 Å². The number of hydrogen-bond acceptors (Lipinski definition) is 1. The third-order valence-corrected chi connectivity index (χ3v) is 4.68. The molecular weight excluding hydrogens is 230 g/mol. The van der Waals surface area contributed by atoms with E-state index in [1.807, 2.05) is 0 Å². The molecule has 100 valence electrons. The molecular formula is C18H23N. The average Bonchev–Trinajstić information content (AvgIpc) is 2.88. The highest BCUT2D eigenvalue weighted by molar-refractivity contribution is 5.83. The molecule has 0 aromatic heterocycles. The Morgan fingerprint density at radius 2 is 1.74 bits per heavy atom. The molecule has 3 rings (SSSR count). The summed E-state index contributed by atoms with van der Waals surface area (Å²) in [6, 6.07) is 15.6. The van der Waals surface area contributed by atoms with Gasteiger partial charge in [0.05, 0.1) is 0 Å². The van der Waals surface area contributed by atoms with Crippen LogP contribution in [0.2, 0.25) is 0 Å². The lowest BCUT2D eigenvalue weighted by Gasteiger charge is -2.43. The van der Waals surface area contributed by atoms with Crippen LogP contribution in [0, 0.1) is 5.41 Å². The van der Waals surface area contributed by atoms with Crippen molar-refractivity contribution >= 4 is 10.8 Å². The monoisotopic (exact) mass is 253 g/mol. The van der Waals surface area contributed by atoms with E-state index in [-0.39, 0.29) is 11.0 Å². The van der Waals surface area contributed by atoms with E-state index in [2.05, 4.69) is 68.6 Å². The molecule has 0 radical (unpaired) electrons. The van der Waals surface area contributed by atoms with Gasteiger partial charge in [-0.2, -0.15) is 0 Å². The van der Waals surface area contributed by atoms with Crippen molar-refractivity contribution in [1.82, 2.24) is 5.32 Å². The van der Waals surface area contributed by atoms with Gasteiger partial charge in [0.2, 0.25) is 0 Å². The van der Waals surface area contributed by atoms with Gasteiger partial charge in [-0.3, -0.25) is 0 Å². The fourth-order valence-corrected chi connectivity index (χ4v) is 3.52. The molecule has 2 aromatic carbocycles. The Morgan fingerprint density at radius 1 is 1.00 bits per heavy atom. The van der Waals surface area contributed by atoms with Crippen molar-refractivity contribution in [2.24, 2.45) is 5.41 Å². The molecule has 0 spiro atoms. The van der Waals surface area contributed by atoms with Gasteiger partial charge in [-0.15, -0.1) is 0 Å². The van der Waals surface area contributed by atoms with Gasteiger partial charge in [0.15, 0.2) is 0 Å². The van der Waals surface area contributed by atoms with Crippen molar-refractivity contribution in [2.75, 3.05) is 6.54 Å². The minimum Gasteiger partial charge on any atom is -0.307 e. The van der Waals surface area contributed by atoms with E-state index in [0.717, 1.165) is 6.54 Å². The SMILES string of the molecule is CC(C)(C)C1(c2ccc3ccccc3c2)CCCN1. The van der Waals surface area contributed by atoms with Crippen LogP contribution in [-0.4, -0.2) is 6.54 Å². The minimum absolute atomic E-state index is 0.122. The smallest absolute Gasteiger partial charge is 0.0484 e. The van der Waals surface area contributed by atoms with Crippen LogP contribution in [0.4, 0.5) is 0 Å². The summed E-state index contributed by atoms with van der Waals surface area (Å²) in [4.78, 5) is 0. The standard InChI is InChI=1S/C18H23N/c1-17(2,3)18(11-6-12-19-18)16-10-9-14-7-4-5-8-15(14)13-16/h4-5,7-10,13,19H,6,11-12H2,1-3H3. The lowest BCUT2D eigenvalue weighted by molar-refractivity contribution is 0.161. The van der Waals surface area contributed by atoms with Gasteiger partial charge < -0.3 is 5.32 Å². The zero-order valence-corrected chi connectivity index (χ0v) is 12.2. The first-order valence-electron chi connectivity index (χ1n) is 7.27. The second-order valence-electron chi connectivity index (χ2n) is 6.75. The maximum absolute atomic E-state index is 3.79. The normalized spacial score (nSPS) is 23.9. The molecule has 1 N–H and O–H groups in total. The summed E-state index contributed by atoms with van der Waals surface area (Å²) in [6.45, 7) is 8.17. The second-order valence-corrected chi connectivity index (χ2v) is 6.75. The van der Waals surface area contributed by atoms with E-state index in [0.29, 0.717) is 0 Å². The van der Waals surface area contributed by atoms with Gasteiger partial charge in [-0.1, -0.05) is 57.2 Å². The highest BCUT2D eigenvalue weighted by Gasteiger charge is 2.45. The van der Waals surface area contributed by atoms with E-state index < -0.39 is 0 Å². The fourth-order valence-electron chi connectivity index (χ4n) is 3.52.